The van der Waals surface area contributed by atoms with Crippen molar-refractivity contribution in [3.63, 3.8) is 0 Å². The maximum Gasteiger partial charge on any atom is 0.170 e. The smallest absolute Gasteiger partial charge is 0.170 e. The molecule has 0 aliphatic rings. The average molecular weight is 454 g/mol. The van der Waals surface area contributed by atoms with Crippen LogP contribution < -0.4 is 0 Å². The van der Waals surface area contributed by atoms with Crippen LogP contribution >= 0.6 is 50.1 Å². The molecule has 1 aromatic carbocycles. The van der Waals surface area contributed by atoms with Crippen molar-refractivity contribution >= 4 is 55.9 Å². The lowest BCUT2D eigenvalue weighted by Crippen LogP contribution is -2.09. The van der Waals surface area contributed by atoms with Crippen LogP contribution in [0.2, 0.25) is 5.02 Å². The van der Waals surface area contributed by atoms with E-state index in [0.717, 1.165) is 19.4 Å². The second-order valence-electron chi connectivity index (χ2n) is 4.19. The van der Waals surface area contributed by atoms with Crippen molar-refractivity contribution in [3.8, 4) is 0 Å². The summed E-state index contributed by atoms with van der Waals surface area (Å²) in [5, 5.41) is 4.78. The zero-order chi connectivity index (χ0) is 14.2. The number of aromatic nitrogens is 2. The molecule has 0 fully saturated rings. The zero-order valence-corrected chi connectivity index (χ0v) is 14.9. The molecular weight excluding hydrogens is 442 g/mol. The summed E-state index contributed by atoms with van der Waals surface area (Å²) in [5.41, 5.74) is 2.16. The Balaban J connectivity index is 2.33. The molecule has 19 heavy (non-hydrogen) atoms. The molecule has 0 spiro atoms. The highest BCUT2D eigenvalue weighted by atomic mass is 127. The first kappa shape index (κ1) is 15.0. The molecule has 0 radical (unpaired) electrons. The summed E-state index contributed by atoms with van der Waals surface area (Å²) in [4.78, 5) is 12.4. The number of ketones is 1. The molecule has 0 saturated carbocycles. The molecule has 0 bridgehead atoms. The lowest BCUT2D eigenvalue weighted by molar-refractivity contribution is 0.0990. The number of carbonyl (C=O) groups excluding carboxylic acids is 1. The summed E-state index contributed by atoms with van der Waals surface area (Å²) in [6, 6.07) is 5.69. The molecule has 0 N–H and O–H groups in total. The van der Waals surface area contributed by atoms with Gasteiger partial charge in [0.15, 0.2) is 5.78 Å². The fourth-order valence-electron chi connectivity index (χ4n) is 1.83. The van der Waals surface area contributed by atoms with E-state index in [1.165, 1.54) is 0 Å². The minimum absolute atomic E-state index is 0.0234. The number of benzene rings is 1. The van der Waals surface area contributed by atoms with Crippen LogP contribution in [0.3, 0.4) is 0 Å². The topological polar surface area (TPSA) is 34.9 Å². The Morgan fingerprint density at radius 3 is 2.79 bits per heavy atom. The van der Waals surface area contributed by atoms with Gasteiger partial charge >= 0.3 is 0 Å². The number of halogens is 3. The SMILES string of the molecule is Cc1nn(C)c(CC(=O)c2cc(I)ccc2Br)c1Cl. The lowest BCUT2D eigenvalue weighted by atomic mass is 10.1. The molecule has 1 heterocycles. The molecule has 0 aliphatic carbocycles. The summed E-state index contributed by atoms with van der Waals surface area (Å²) >= 11 is 11.8. The second kappa shape index (κ2) is 5.93. The molecule has 0 amide bonds. The van der Waals surface area contributed by atoms with E-state index in [4.69, 9.17) is 11.6 Å². The first-order valence-corrected chi connectivity index (χ1v) is 7.81. The highest BCUT2D eigenvalue weighted by Gasteiger charge is 2.17. The number of carbonyl (C=O) groups is 1. The van der Waals surface area contributed by atoms with Gasteiger partial charge in [0, 0.05) is 20.7 Å². The average Bonchev–Trinajstić information content (AvgIpc) is 2.59. The van der Waals surface area contributed by atoms with Crippen LogP contribution in [0.1, 0.15) is 21.7 Å². The van der Waals surface area contributed by atoms with Crippen LogP contribution in [-0.2, 0) is 13.5 Å². The standard InChI is InChI=1S/C13H11BrClIN2O/c1-7-13(15)11(18(2)17-7)6-12(19)9-5-8(16)3-4-10(9)14/h3-5H,6H2,1-2H3. The third kappa shape index (κ3) is 3.20. The van der Waals surface area contributed by atoms with E-state index < -0.39 is 0 Å². The van der Waals surface area contributed by atoms with Crippen molar-refractivity contribution in [1.29, 1.82) is 0 Å². The fourth-order valence-corrected chi connectivity index (χ4v) is 3.02. The maximum atomic E-state index is 12.4. The summed E-state index contributed by atoms with van der Waals surface area (Å²) in [7, 11) is 1.80. The Kier molecular flexibility index (Phi) is 4.68. The van der Waals surface area contributed by atoms with Crippen LogP contribution in [0.15, 0.2) is 22.7 Å². The summed E-state index contributed by atoms with van der Waals surface area (Å²) < 4.78 is 3.49. The first-order valence-electron chi connectivity index (χ1n) is 5.56. The summed E-state index contributed by atoms with van der Waals surface area (Å²) in [6.45, 7) is 1.83. The molecule has 6 heteroatoms. The Bertz CT molecular complexity index is 654. The molecule has 0 unspecified atom stereocenters. The largest absolute Gasteiger partial charge is 0.294 e. The molecular formula is C13H11BrClIN2O. The number of hydrogen-bond donors (Lipinski definition) is 0. The normalized spacial score (nSPS) is 10.8. The van der Waals surface area contributed by atoms with Crippen molar-refractivity contribution < 1.29 is 4.79 Å². The van der Waals surface area contributed by atoms with E-state index in [2.05, 4.69) is 43.6 Å². The van der Waals surface area contributed by atoms with Gasteiger partial charge in [-0.1, -0.05) is 27.5 Å². The molecule has 0 atom stereocenters. The number of Topliss-reactive ketones (excluding diaryl/α,β-unsaturated/α-hetero) is 1. The first-order chi connectivity index (χ1) is 8.90. The third-order valence-corrected chi connectivity index (χ3v) is 4.67. The second-order valence-corrected chi connectivity index (χ2v) is 6.67. The third-order valence-electron chi connectivity index (χ3n) is 2.82. The van der Waals surface area contributed by atoms with Gasteiger partial charge in [-0.25, -0.2) is 0 Å². The summed E-state index contributed by atoms with van der Waals surface area (Å²) in [6.07, 6.45) is 0.245. The molecule has 0 saturated heterocycles. The van der Waals surface area contributed by atoms with Crippen molar-refractivity contribution in [1.82, 2.24) is 9.78 Å². The van der Waals surface area contributed by atoms with Crippen molar-refractivity contribution in [2.75, 3.05) is 0 Å². The van der Waals surface area contributed by atoms with E-state index >= 15 is 0 Å². The van der Waals surface area contributed by atoms with Crippen LogP contribution in [-0.4, -0.2) is 15.6 Å². The Morgan fingerprint density at radius 1 is 1.53 bits per heavy atom. The van der Waals surface area contributed by atoms with E-state index in [1.54, 1.807) is 11.7 Å². The Hall–Kier alpha value is -0.400. The van der Waals surface area contributed by atoms with Crippen molar-refractivity contribution in [2.45, 2.75) is 13.3 Å². The molecule has 100 valence electrons. The number of rotatable bonds is 3. The Morgan fingerprint density at radius 2 is 2.21 bits per heavy atom. The van der Waals surface area contributed by atoms with Gasteiger partial charge in [-0.05, 0) is 47.7 Å². The van der Waals surface area contributed by atoms with Crippen LogP contribution in [0.4, 0.5) is 0 Å². The van der Waals surface area contributed by atoms with E-state index in [9.17, 15) is 4.79 Å². The maximum absolute atomic E-state index is 12.4. The monoisotopic (exact) mass is 452 g/mol. The van der Waals surface area contributed by atoms with E-state index in [1.807, 2.05) is 25.1 Å². The van der Waals surface area contributed by atoms with Gasteiger partial charge in [-0.15, -0.1) is 0 Å². The van der Waals surface area contributed by atoms with E-state index in [-0.39, 0.29) is 12.2 Å². The van der Waals surface area contributed by atoms with Gasteiger partial charge in [0.25, 0.3) is 0 Å². The zero-order valence-electron chi connectivity index (χ0n) is 10.4. The molecule has 2 aromatic rings. The number of aryl methyl sites for hydroxylation is 2. The van der Waals surface area contributed by atoms with Crippen LogP contribution in [0, 0.1) is 10.5 Å². The predicted octanol–water partition coefficient (Wildman–Crippen LogP) is 4.17. The summed E-state index contributed by atoms with van der Waals surface area (Å²) in [5.74, 6) is 0.0234. The predicted molar refractivity (Wildman–Crippen MR) is 87.8 cm³/mol. The lowest BCUT2D eigenvalue weighted by Gasteiger charge is -2.05. The van der Waals surface area contributed by atoms with Crippen molar-refractivity contribution in [2.24, 2.45) is 7.05 Å². The van der Waals surface area contributed by atoms with Crippen LogP contribution in [0.5, 0.6) is 0 Å². The van der Waals surface area contributed by atoms with Gasteiger partial charge in [-0.3, -0.25) is 9.48 Å². The van der Waals surface area contributed by atoms with Gasteiger partial charge in [0.1, 0.15) is 0 Å². The minimum Gasteiger partial charge on any atom is -0.294 e. The number of hydrogen-bond acceptors (Lipinski definition) is 2. The van der Waals surface area contributed by atoms with Gasteiger partial charge < -0.3 is 0 Å². The molecule has 1 aromatic heterocycles. The van der Waals surface area contributed by atoms with E-state index in [0.29, 0.717) is 10.6 Å². The van der Waals surface area contributed by atoms with Crippen LogP contribution in [0.25, 0.3) is 0 Å². The number of nitrogens with zero attached hydrogens (tertiary/aromatic N) is 2. The molecule has 0 aliphatic heterocycles. The van der Waals surface area contributed by atoms with Gasteiger partial charge in [0.05, 0.1) is 22.8 Å². The van der Waals surface area contributed by atoms with Gasteiger partial charge in [-0.2, -0.15) is 5.10 Å². The minimum atomic E-state index is 0.0234. The Labute approximate surface area is 138 Å². The fraction of sp³-hybridized carbons (Fsp3) is 0.231. The molecule has 3 nitrogen and oxygen atoms in total. The quantitative estimate of drug-likeness (QED) is 0.517. The highest BCUT2D eigenvalue weighted by molar-refractivity contribution is 14.1. The van der Waals surface area contributed by atoms with Gasteiger partial charge in [0.2, 0.25) is 0 Å². The van der Waals surface area contributed by atoms with Crippen molar-refractivity contribution in [3.05, 3.63) is 48.2 Å². The highest BCUT2D eigenvalue weighted by Crippen LogP contribution is 2.24. The molecule has 2 rings (SSSR count).